The summed E-state index contributed by atoms with van der Waals surface area (Å²) in [6.07, 6.45) is 0.598. The van der Waals surface area contributed by atoms with Crippen molar-refractivity contribution in [3.8, 4) is 0 Å². The maximum Gasteiger partial charge on any atom is 0.123 e. The molecule has 1 atom stereocenters. The van der Waals surface area contributed by atoms with Gasteiger partial charge >= 0.3 is 0 Å². The van der Waals surface area contributed by atoms with Crippen molar-refractivity contribution in [2.45, 2.75) is 38.6 Å². The highest BCUT2D eigenvalue weighted by Gasteiger charge is 2.26. The number of aromatic nitrogens is 2. The summed E-state index contributed by atoms with van der Waals surface area (Å²) >= 11 is 1.34. The van der Waals surface area contributed by atoms with Crippen LogP contribution >= 0.6 is 11.5 Å². The van der Waals surface area contributed by atoms with E-state index in [1.54, 1.807) is 6.07 Å². The molecular weight excluding hydrogens is 275 g/mol. The van der Waals surface area contributed by atoms with Gasteiger partial charge in [-0.1, -0.05) is 37.4 Å². The molecule has 1 heterocycles. The van der Waals surface area contributed by atoms with Gasteiger partial charge in [0.05, 0.1) is 16.6 Å². The van der Waals surface area contributed by atoms with Crippen LogP contribution in [0.25, 0.3) is 0 Å². The number of nitrogens with one attached hydrogen (secondary N) is 1. The molecule has 1 aromatic heterocycles. The summed E-state index contributed by atoms with van der Waals surface area (Å²) in [7, 11) is 0. The minimum absolute atomic E-state index is 0.0978. The van der Waals surface area contributed by atoms with Gasteiger partial charge in [0.25, 0.3) is 0 Å². The van der Waals surface area contributed by atoms with E-state index in [4.69, 9.17) is 5.84 Å². The number of hydrogen-bond donors (Lipinski definition) is 2. The van der Waals surface area contributed by atoms with Gasteiger partial charge in [-0.3, -0.25) is 11.3 Å². The molecule has 0 fully saturated rings. The fraction of sp³-hybridized carbons (Fsp3) is 0.429. The zero-order valence-electron chi connectivity index (χ0n) is 11.9. The van der Waals surface area contributed by atoms with Gasteiger partial charge in [0.1, 0.15) is 5.82 Å². The molecule has 0 aliphatic rings. The number of hydrogen-bond acceptors (Lipinski definition) is 5. The SMILES string of the molecule is CC(C)(C)c1nnsc1C(Cc1cccc(F)c1)NN. The molecule has 1 unspecified atom stereocenters. The van der Waals surface area contributed by atoms with Crippen LogP contribution in [-0.2, 0) is 11.8 Å². The summed E-state index contributed by atoms with van der Waals surface area (Å²) < 4.78 is 17.3. The minimum atomic E-state index is -0.239. The highest BCUT2D eigenvalue weighted by Crippen LogP contribution is 2.31. The fourth-order valence-electron chi connectivity index (χ4n) is 2.07. The van der Waals surface area contributed by atoms with E-state index in [2.05, 4.69) is 35.8 Å². The lowest BCUT2D eigenvalue weighted by molar-refractivity contribution is 0.514. The minimum Gasteiger partial charge on any atom is -0.271 e. The summed E-state index contributed by atoms with van der Waals surface area (Å²) in [5.74, 6) is 5.43. The van der Waals surface area contributed by atoms with Crippen LogP contribution < -0.4 is 11.3 Å². The summed E-state index contributed by atoms with van der Waals surface area (Å²) in [6, 6.07) is 6.43. The van der Waals surface area contributed by atoms with Gasteiger partial charge < -0.3 is 0 Å². The Hall–Kier alpha value is -1.37. The largest absolute Gasteiger partial charge is 0.271 e. The number of benzene rings is 1. The van der Waals surface area contributed by atoms with Crippen LogP contribution in [0.3, 0.4) is 0 Å². The molecule has 20 heavy (non-hydrogen) atoms. The van der Waals surface area contributed by atoms with Crippen molar-refractivity contribution in [2.75, 3.05) is 0 Å². The lowest BCUT2D eigenvalue weighted by atomic mass is 9.89. The molecule has 0 saturated carbocycles. The number of halogens is 1. The number of rotatable bonds is 4. The molecule has 3 N–H and O–H groups in total. The van der Waals surface area contributed by atoms with E-state index in [9.17, 15) is 4.39 Å². The van der Waals surface area contributed by atoms with Gasteiger partial charge in [0.15, 0.2) is 0 Å². The molecule has 0 amide bonds. The lowest BCUT2D eigenvalue weighted by Crippen LogP contribution is -2.31. The third-order valence-corrected chi connectivity index (χ3v) is 3.91. The van der Waals surface area contributed by atoms with Gasteiger partial charge in [-0.15, -0.1) is 5.10 Å². The zero-order valence-corrected chi connectivity index (χ0v) is 12.7. The molecule has 0 aliphatic heterocycles. The highest BCUT2D eigenvalue weighted by molar-refractivity contribution is 7.05. The average Bonchev–Trinajstić information content (AvgIpc) is 2.85. The van der Waals surface area contributed by atoms with E-state index in [-0.39, 0.29) is 17.3 Å². The Morgan fingerprint density at radius 1 is 1.40 bits per heavy atom. The first-order valence-electron chi connectivity index (χ1n) is 6.45. The summed E-state index contributed by atoms with van der Waals surface area (Å²) in [6.45, 7) is 6.26. The molecule has 4 nitrogen and oxygen atoms in total. The van der Waals surface area contributed by atoms with Crippen LogP contribution in [-0.4, -0.2) is 9.59 Å². The number of hydrazine groups is 1. The second kappa shape index (κ2) is 5.95. The lowest BCUT2D eigenvalue weighted by Gasteiger charge is -2.21. The predicted octanol–water partition coefficient (Wildman–Crippen LogP) is 2.72. The van der Waals surface area contributed by atoms with E-state index in [0.717, 1.165) is 16.1 Å². The Morgan fingerprint density at radius 3 is 2.75 bits per heavy atom. The van der Waals surface area contributed by atoms with Crippen LogP contribution in [0.5, 0.6) is 0 Å². The Labute approximate surface area is 122 Å². The van der Waals surface area contributed by atoms with Crippen LogP contribution in [0.2, 0.25) is 0 Å². The Morgan fingerprint density at radius 2 is 2.15 bits per heavy atom. The van der Waals surface area contributed by atoms with E-state index in [1.165, 1.54) is 23.7 Å². The van der Waals surface area contributed by atoms with Gasteiger partial charge in [-0.2, -0.15) is 0 Å². The smallest absolute Gasteiger partial charge is 0.123 e. The second-order valence-corrected chi connectivity index (χ2v) is 6.57. The van der Waals surface area contributed by atoms with E-state index >= 15 is 0 Å². The van der Waals surface area contributed by atoms with E-state index in [0.29, 0.717) is 6.42 Å². The van der Waals surface area contributed by atoms with E-state index in [1.807, 2.05) is 6.07 Å². The molecule has 108 valence electrons. The van der Waals surface area contributed by atoms with Crippen LogP contribution in [0.4, 0.5) is 4.39 Å². The Kier molecular flexibility index (Phi) is 4.47. The van der Waals surface area contributed by atoms with Crippen LogP contribution in [0, 0.1) is 5.82 Å². The van der Waals surface area contributed by atoms with Gasteiger partial charge in [-0.25, -0.2) is 4.39 Å². The topological polar surface area (TPSA) is 63.8 Å². The molecule has 0 saturated heterocycles. The highest BCUT2D eigenvalue weighted by atomic mass is 32.1. The number of nitrogens with zero attached hydrogens (tertiary/aromatic N) is 2. The van der Waals surface area contributed by atoms with E-state index < -0.39 is 0 Å². The second-order valence-electron chi connectivity index (χ2n) is 5.79. The summed E-state index contributed by atoms with van der Waals surface area (Å²) in [5.41, 5.74) is 4.52. The quantitative estimate of drug-likeness (QED) is 0.672. The van der Waals surface area contributed by atoms with Crippen molar-refractivity contribution >= 4 is 11.5 Å². The summed E-state index contributed by atoms with van der Waals surface area (Å²) in [4.78, 5) is 1.00. The standard InChI is InChI=1S/C14H19FN4S/c1-14(2,3)13-12(20-19-18-13)11(17-16)8-9-5-4-6-10(15)7-9/h4-7,11,17H,8,16H2,1-3H3. The molecule has 0 aliphatic carbocycles. The van der Waals surface area contributed by atoms with Crippen molar-refractivity contribution in [1.29, 1.82) is 0 Å². The first-order valence-corrected chi connectivity index (χ1v) is 7.22. The molecule has 2 rings (SSSR count). The van der Waals surface area contributed by atoms with Crippen molar-refractivity contribution in [3.05, 3.63) is 46.2 Å². The van der Waals surface area contributed by atoms with Crippen molar-refractivity contribution < 1.29 is 4.39 Å². The molecule has 0 bridgehead atoms. The maximum absolute atomic E-state index is 13.3. The Bertz CT molecular complexity index is 577. The van der Waals surface area contributed by atoms with Crippen molar-refractivity contribution in [3.63, 3.8) is 0 Å². The average molecular weight is 294 g/mol. The molecule has 0 spiro atoms. The zero-order chi connectivity index (χ0) is 14.8. The van der Waals surface area contributed by atoms with Crippen molar-refractivity contribution in [2.24, 2.45) is 5.84 Å². The first-order chi connectivity index (χ1) is 9.41. The molecule has 6 heteroatoms. The normalized spacial score (nSPS) is 13.4. The molecular formula is C14H19FN4S. The monoisotopic (exact) mass is 294 g/mol. The Balaban J connectivity index is 2.27. The molecule has 1 aromatic carbocycles. The molecule has 0 radical (unpaired) electrons. The third-order valence-electron chi connectivity index (χ3n) is 3.07. The summed E-state index contributed by atoms with van der Waals surface area (Å²) in [5, 5.41) is 4.21. The van der Waals surface area contributed by atoms with Crippen LogP contribution in [0.1, 0.15) is 42.9 Å². The fourth-order valence-corrected chi connectivity index (χ4v) is 3.00. The molecule has 2 aromatic rings. The van der Waals surface area contributed by atoms with Gasteiger partial charge in [0, 0.05) is 5.41 Å². The van der Waals surface area contributed by atoms with Gasteiger partial charge in [0.2, 0.25) is 0 Å². The predicted molar refractivity (Wildman–Crippen MR) is 78.8 cm³/mol. The number of nitrogens with two attached hydrogens (primary N) is 1. The maximum atomic E-state index is 13.3. The van der Waals surface area contributed by atoms with Gasteiger partial charge in [-0.05, 0) is 35.6 Å². The van der Waals surface area contributed by atoms with Crippen molar-refractivity contribution in [1.82, 2.24) is 15.0 Å². The van der Waals surface area contributed by atoms with Crippen LogP contribution in [0.15, 0.2) is 24.3 Å². The third kappa shape index (κ3) is 3.39. The first kappa shape index (κ1) is 15.0.